The zero-order valence-electron chi connectivity index (χ0n) is 11.2. The van der Waals surface area contributed by atoms with E-state index in [1.54, 1.807) is 12.1 Å². The number of methoxy groups -OCH3 is 1. The average molecular weight is 272 g/mol. The number of hydrogen-bond donors (Lipinski definition) is 1. The van der Waals surface area contributed by atoms with Gasteiger partial charge < -0.3 is 14.4 Å². The molecule has 20 heavy (non-hydrogen) atoms. The molecule has 104 valence electrons. The van der Waals surface area contributed by atoms with Gasteiger partial charge in [-0.25, -0.2) is 4.98 Å². The Morgan fingerprint density at radius 2 is 2.15 bits per heavy atom. The van der Waals surface area contributed by atoms with Crippen molar-refractivity contribution < 1.29 is 14.6 Å². The highest BCUT2D eigenvalue weighted by Gasteiger charge is 2.29. The van der Waals surface area contributed by atoms with Crippen molar-refractivity contribution in [1.82, 2.24) is 9.55 Å². The number of carbonyl (C=O) groups is 1. The summed E-state index contributed by atoms with van der Waals surface area (Å²) in [5.41, 5.74) is 1.74. The Morgan fingerprint density at radius 1 is 1.40 bits per heavy atom. The number of aromatic nitrogens is 2. The molecule has 1 aromatic carbocycles. The van der Waals surface area contributed by atoms with Crippen LogP contribution in [0.25, 0.3) is 11.3 Å². The van der Waals surface area contributed by atoms with Crippen LogP contribution in [-0.2, 0) is 16.1 Å². The van der Waals surface area contributed by atoms with Crippen molar-refractivity contribution >= 4 is 5.97 Å². The largest absolute Gasteiger partial charge is 0.508 e. The maximum atomic E-state index is 11.8. The van der Waals surface area contributed by atoms with Gasteiger partial charge in [0.15, 0.2) is 0 Å². The first-order chi connectivity index (χ1) is 9.69. The Morgan fingerprint density at radius 3 is 2.85 bits per heavy atom. The third kappa shape index (κ3) is 2.15. The molecule has 0 saturated carbocycles. The lowest BCUT2D eigenvalue weighted by atomic mass is 9.99. The fourth-order valence-corrected chi connectivity index (χ4v) is 2.62. The Bertz CT molecular complexity index is 631. The fraction of sp³-hybridized carbons (Fsp3) is 0.333. The van der Waals surface area contributed by atoms with Gasteiger partial charge in [-0.3, -0.25) is 4.79 Å². The molecule has 1 aromatic heterocycles. The molecule has 1 atom stereocenters. The summed E-state index contributed by atoms with van der Waals surface area (Å²) in [6.07, 6.45) is 3.67. The molecule has 0 saturated heterocycles. The van der Waals surface area contributed by atoms with Gasteiger partial charge in [-0.15, -0.1) is 0 Å². The number of rotatable bonds is 2. The molecule has 2 aromatic rings. The Hall–Kier alpha value is -2.30. The minimum atomic E-state index is -0.278. The number of benzene rings is 1. The summed E-state index contributed by atoms with van der Waals surface area (Å²) in [5.74, 6) is 0.491. The fourth-order valence-electron chi connectivity index (χ4n) is 2.62. The van der Waals surface area contributed by atoms with Crippen LogP contribution < -0.4 is 0 Å². The van der Waals surface area contributed by atoms with Crippen LogP contribution in [0.1, 0.15) is 24.6 Å². The molecule has 1 aliphatic rings. The lowest BCUT2D eigenvalue weighted by Crippen LogP contribution is -2.23. The van der Waals surface area contributed by atoms with Crippen LogP contribution in [0.15, 0.2) is 30.5 Å². The van der Waals surface area contributed by atoms with E-state index in [9.17, 15) is 9.90 Å². The average Bonchev–Trinajstić information content (AvgIpc) is 2.91. The van der Waals surface area contributed by atoms with Crippen molar-refractivity contribution in [2.24, 2.45) is 0 Å². The van der Waals surface area contributed by atoms with Crippen molar-refractivity contribution in [3.05, 3.63) is 36.3 Å². The van der Waals surface area contributed by atoms with Crippen LogP contribution in [0.2, 0.25) is 0 Å². The van der Waals surface area contributed by atoms with Crippen LogP contribution >= 0.6 is 0 Å². The monoisotopic (exact) mass is 272 g/mol. The number of esters is 1. The zero-order chi connectivity index (χ0) is 14.1. The molecular formula is C15H16N2O3. The van der Waals surface area contributed by atoms with Crippen LogP contribution in [0, 0.1) is 0 Å². The molecule has 0 spiro atoms. The number of fused-ring (bicyclic) bond motifs is 1. The Balaban J connectivity index is 1.99. The second kappa shape index (κ2) is 5.00. The van der Waals surface area contributed by atoms with Gasteiger partial charge in [0.05, 0.1) is 12.8 Å². The number of ether oxygens (including phenoxy) is 1. The van der Waals surface area contributed by atoms with Gasteiger partial charge >= 0.3 is 5.97 Å². The summed E-state index contributed by atoms with van der Waals surface area (Å²) in [4.78, 5) is 16.4. The van der Waals surface area contributed by atoms with Crippen molar-refractivity contribution in [2.45, 2.75) is 25.3 Å². The van der Waals surface area contributed by atoms with E-state index in [4.69, 9.17) is 4.74 Å². The second-order valence-electron chi connectivity index (χ2n) is 4.94. The van der Waals surface area contributed by atoms with Gasteiger partial charge in [-0.2, -0.15) is 0 Å². The smallest absolute Gasteiger partial charge is 0.316 e. The van der Waals surface area contributed by atoms with Gasteiger partial charge in [0.2, 0.25) is 0 Å². The summed E-state index contributed by atoms with van der Waals surface area (Å²) in [6, 6.07) is 6.89. The quantitative estimate of drug-likeness (QED) is 0.852. The summed E-state index contributed by atoms with van der Waals surface area (Å²) < 4.78 is 6.87. The number of hydrogen-bond acceptors (Lipinski definition) is 4. The summed E-state index contributed by atoms with van der Waals surface area (Å²) in [6.45, 7) is 0.869. The van der Waals surface area contributed by atoms with E-state index in [0.29, 0.717) is 0 Å². The first-order valence-corrected chi connectivity index (χ1v) is 6.63. The van der Waals surface area contributed by atoms with Gasteiger partial charge in [-0.05, 0) is 37.1 Å². The molecule has 3 rings (SSSR count). The lowest BCUT2D eigenvalue weighted by molar-refractivity contribution is -0.143. The molecule has 5 heteroatoms. The minimum absolute atomic E-state index is 0.227. The van der Waals surface area contributed by atoms with Crippen LogP contribution in [0.4, 0.5) is 0 Å². The van der Waals surface area contributed by atoms with Gasteiger partial charge in [-0.1, -0.05) is 0 Å². The molecule has 1 N–H and O–H groups in total. The van der Waals surface area contributed by atoms with Crippen molar-refractivity contribution in [1.29, 1.82) is 0 Å². The van der Waals surface area contributed by atoms with E-state index in [2.05, 4.69) is 4.98 Å². The highest BCUT2D eigenvalue weighted by Crippen LogP contribution is 2.31. The number of aryl methyl sites for hydroxylation is 1. The highest BCUT2D eigenvalue weighted by atomic mass is 16.5. The molecule has 0 aliphatic carbocycles. The topological polar surface area (TPSA) is 64.3 Å². The maximum Gasteiger partial charge on any atom is 0.316 e. The highest BCUT2D eigenvalue weighted by molar-refractivity contribution is 5.77. The predicted molar refractivity (Wildman–Crippen MR) is 73.3 cm³/mol. The summed E-state index contributed by atoms with van der Waals surface area (Å²) in [7, 11) is 1.41. The molecule has 0 amide bonds. The molecule has 1 aliphatic heterocycles. The number of aromatic hydroxyl groups is 1. The van der Waals surface area contributed by atoms with E-state index in [1.165, 1.54) is 7.11 Å². The van der Waals surface area contributed by atoms with Crippen LogP contribution in [-0.4, -0.2) is 27.7 Å². The number of nitrogens with zero attached hydrogens (tertiary/aromatic N) is 2. The molecule has 2 heterocycles. The normalized spacial score (nSPS) is 17.6. The minimum Gasteiger partial charge on any atom is -0.508 e. The lowest BCUT2D eigenvalue weighted by Gasteiger charge is -2.20. The maximum absolute atomic E-state index is 11.8. The van der Waals surface area contributed by atoms with E-state index in [-0.39, 0.29) is 17.6 Å². The Kier molecular flexibility index (Phi) is 3.18. The van der Waals surface area contributed by atoms with Crippen molar-refractivity contribution in [3.63, 3.8) is 0 Å². The van der Waals surface area contributed by atoms with E-state index < -0.39 is 0 Å². The standard InChI is InChI=1S/C15H16N2O3/c1-20-15(19)12-3-2-8-17-9-13(16-14(12)17)10-4-6-11(18)7-5-10/h4-7,9,12,18H,2-3,8H2,1H3. The number of phenols is 1. The first kappa shape index (κ1) is 12.7. The number of imidazole rings is 1. The van der Waals surface area contributed by atoms with Crippen molar-refractivity contribution in [2.75, 3.05) is 7.11 Å². The molecule has 5 nitrogen and oxygen atoms in total. The van der Waals surface area contributed by atoms with Crippen LogP contribution in [0.5, 0.6) is 5.75 Å². The summed E-state index contributed by atoms with van der Waals surface area (Å²) in [5, 5.41) is 9.33. The SMILES string of the molecule is COC(=O)C1CCCn2cc(-c3ccc(O)cc3)nc21. The first-order valence-electron chi connectivity index (χ1n) is 6.63. The summed E-state index contributed by atoms with van der Waals surface area (Å²) >= 11 is 0. The second-order valence-corrected chi connectivity index (χ2v) is 4.94. The molecule has 1 unspecified atom stereocenters. The van der Waals surface area contributed by atoms with Crippen molar-refractivity contribution in [3.8, 4) is 17.0 Å². The van der Waals surface area contributed by atoms with Gasteiger partial charge in [0.25, 0.3) is 0 Å². The molecule has 0 radical (unpaired) electrons. The van der Waals surface area contributed by atoms with E-state index >= 15 is 0 Å². The molecule has 0 bridgehead atoms. The third-order valence-corrected chi connectivity index (χ3v) is 3.66. The number of carbonyl (C=O) groups excluding carboxylic acids is 1. The van der Waals surface area contributed by atoms with Gasteiger partial charge in [0.1, 0.15) is 17.5 Å². The van der Waals surface area contributed by atoms with E-state index in [0.717, 1.165) is 36.5 Å². The molecular weight excluding hydrogens is 256 g/mol. The zero-order valence-corrected chi connectivity index (χ0v) is 11.2. The predicted octanol–water partition coefficient (Wildman–Crippen LogP) is 2.31. The van der Waals surface area contributed by atoms with E-state index in [1.807, 2.05) is 22.9 Å². The Labute approximate surface area is 116 Å². The molecule has 0 fully saturated rings. The third-order valence-electron chi connectivity index (χ3n) is 3.66. The van der Waals surface area contributed by atoms with Gasteiger partial charge in [0, 0.05) is 18.3 Å². The number of phenolic OH excluding ortho intramolecular Hbond substituents is 1. The van der Waals surface area contributed by atoms with Crippen LogP contribution in [0.3, 0.4) is 0 Å².